The second kappa shape index (κ2) is 5.16. The summed E-state index contributed by atoms with van der Waals surface area (Å²) in [5.74, 6) is 2.01. The lowest BCUT2D eigenvalue weighted by molar-refractivity contribution is 0.382. The number of hydrogen-bond acceptors (Lipinski definition) is 3. The topological polar surface area (TPSA) is 42.0 Å². The molecule has 1 aliphatic rings. The van der Waals surface area contributed by atoms with Crippen LogP contribution in [0.15, 0.2) is 36.5 Å². The molecule has 3 nitrogen and oxygen atoms in total. The predicted molar refractivity (Wildman–Crippen MR) is 74.8 cm³/mol. The van der Waals surface area contributed by atoms with E-state index in [-0.39, 0.29) is 0 Å². The summed E-state index contributed by atoms with van der Waals surface area (Å²) in [6.45, 7) is 2.03. The molecule has 1 aromatic heterocycles. The molecule has 1 aliphatic heterocycles. The third-order valence-corrected chi connectivity index (χ3v) is 4.80. The smallest absolute Gasteiger partial charge is 0.0743 e. The molecule has 1 fully saturated rings. The summed E-state index contributed by atoms with van der Waals surface area (Å²) in [5, 5.41) is 4.34. The van der Waals surface area contributed by atoms with Gasteiger partial charge in [0.15, 0.2) is 0 Å². The lowest BCUT2D eigenvalue weighted by Crippen LogP contribution is -2.44. The maximum atomic E-state index is 12.1. The molecule has 1 saturated heterocycles. The van der Waals surface area contributed by atoms with Crippen molar-refractivity contribution in [2.24, 2.45) is 5.92 Å². The highest BCUT2D eigenvalue weighted by Crippen LogP contribution is 2.18. The molecule has 4 heteroatoms. The third kappa shape index (κ3) is 2.44. The molecule has 0 aliphatic carbocycles. The molecule has 0 amide bonds. The van der Waals surface area contributed by atoms with Crippen LogP contribution in [0.3, 0.4) is 0 Å². The van der Waals surface area contributed by atoms with Gasteiger partial charge in [-0.25, -0.2) is 0 Å². The van der Waals surface area contributed by atoms with Gasteiger partial charge in [-0.2, -0.15) is 0 Å². The molecule has 1 atom stereocenters. The van der Waals surface area contributed by atoms with Gasteiger partial charge in [-0.05, 0) is 17.5 Å². The van der Waals surface area contributed by atoms with Crippen LogP contribution in [0.1, 0.15) is 5.56 Å². The monoisotopic (exact) mass is 260 g/mol. The van der Waals surface area contributed by atoms with Crippen LogP contribution >= 0.6 is 0 Å². The summed E-state index contributed by atoms with van der Waals surface area (Å²) < 4.78 is 12.1. The average Bonchev–Trinajstić information content (AvgIpc) is 2.34. The molecule has 1 N–H and O–H groups in total. The van der Waals surface area contributed by atoms with Crippen LogP contribution in [0.4, 0.5) is 0 Å². The van der Waals surface area contributed by atoms with E-state index in [1.165, 1.54) is 0 Å². The van der Waals surface area contributed by atoms with E-state index in [0.29, 0.717) is 11.7 Å². The van der Waals surface area contributed by atoms with Crippen LogP contribution in [0, 0.1) is 5.92 Å². The van der Waals surface area contributed by atoms with E-state index in [1.54, 1.807) is 6.20 Å². The fraction of sp³-hybridized carbons (Fsp3) is 0.357. The Morgan fingerprint density at radius 1 is 1.28 bits per heavy atom. The number of nitrogens with one attached hydrogen (secondary N) is 1. The summed E-state index contributed by atoms with van der Waals surface area (Å²) >= 11 is 0. The van der Waals surface area contributed by atoms with Gasteiger partial charge in [0.2, 0.25) is 0 Å². The van der Waals surface area contributed by atoms with Crippen molar-refractivity contribution in [3.05, 3.63) is 42.1 Å². The quantitative estimate of drug-likeness (QED) is 0.910. The van der Waals surface area contributed by atoms with Gasteiger partial charge >= 0.3 is 0 Å². The third-order valence-electron chi connectivity index (χ3n) is 3.32. The van der Waals surface area contributed by atoms with E-state index in [0.717, 1.165) is 35.3 Å². The number of hydrogen-bond donors (Lipinski definition) is 1. The molecule has 2 aromatic rings. The Balaban J connectivity index is 1.79. The number of pyridine rings is 1. The van der Waals surface area contributed by atoms with Crippen molar-refractivity contribution in [3.63, 3.8) is 0 Å². The standard InChI is InChI=1S/C14H16N2OS/c17-18(9-11-7-15-8-11)10-13-4-1-3-12-5-2-6-16-14(12)13/h1-6,11,15H,7-10H2. The maximum absolute atomic E-state index is 12.1. The minimum absolute atomic E-state index is 0.591. The molecule has 2 heterocycles. The van der Waals surface area contributed by atoms with Gasteiger partial charge in [0.05, 0.1) is 11.3 Å². The molecular formula is C14H16N2OS. The minimum Gasteiger partial charge on any atom is -0.316 e. The SMILES string of the molecule is O=S(Cc1cccc2cccnc12)CC1CNC1. The van der Waals surface area contributed by atoms with Gasteiger partial charge < -0.3 is 5.32 Å². The molecular weight excluding hydrogens is 244 g/mol. The molecule has 0 radical (unpaired) electrons. The maximum Gasteiger partial charge on any atom is 0.0743 e. The average molecular weight is 260 g/mol. The molecule has 1 aromatic carbocycles. The zero-order chi connectivity index (χ0) is 12.4. The van der Waals surface area contributed by atoms with E-state index in [4.69, 9.17) is 0 Å². The van der Waals surface area contributed by atoms with Crippen molar-refractivity contribution in [1.82, 2.24) is 10.3 Å². The highest BCUT2D eigenvalue weighted by molar-refractivity contribution is 7.84. The molecule has 0 saturated carbocycles. The Morgan fingerprint density at radius 2 is 2.11 bits per heavy atom. The van der Waals surface area contributed by atoms with Crippen molar-refractivity contribution in [3.8, 4) is 0 Å². The highest BCUT2D eigenvalue weighted by Gasteiger charge is 2.19. The number of para-hydroxylation sites is 1. The minimum atomic E-state index is -0.786. The van der Waals surface area contributed by atoms with Crippen LogP contribution in [0.2, 0.25) is 0 Å². The van der Waals surface area contributed by atoms with Gasteiger partial charge in [-0.15, -0.1) is 0 Å². The lowest BCUT2D eigenvalue weighted by atomic mass is 10.1. The van der Waals surface area contributed by atoms with Gasteiger partial charge in [0, 0.05) is 41.2 Å². The number of benzene rings is 1. The van der Waals surface area contributed by atoms with E-state index < -0.39 is 10.8 Å². The van der Waals surface area contributed by atoms with Crippen LogP contribution in [-0.2, 0) is 16.6 Å². The van der Waals surface area contributed by atoms with Crippen molar-refractivity contribution >= 4 is 21.7 Å². The first kappa shape index (κ1) is 11.8. The summed E-state index contributed by atoms with van der Waals surface area (Å²) in [6.07, 6.45) is 1.80. The second-order valence-corrected chi connectivity index (χ2v) is 6.27. The van der Waals surface area contributed by atoms with Gasteiger partial charge in [0.25, 0.3) is 0 Å². The van der Waals surface area contributed by atoms with Crippen molar-refractivity contribution in [2.75, 3.05) is 18.8 Å². The molecule has 0 spiro atoms. The van der Waals surface area contributed by atoms with Crippen LogP contribution < -0.4 is 5.32 Å². The number of aromatic nitrogens is 1. The van der Waals surface area contributed by atoms with Crippen molar-refractivity contribution < 1.29 is 4.21 Å². The van der Waals surface area contributed by atoms with Gasteiger partial charge in [-0.3, -0.25) is 9.19 Å². The summed E-state index contributed by atoms with van der Waals surface area (Å²) in [7, 11) is -0.786. The zero-order valence-electron chi connectivity index (χ0n) is 10.1. The summed E-state index contributed by atoms with van der Waals surface area (Å²) in [4.78, 5) is 4.40. The van der Waals surface area contributed by atoms with Crippen molar-refractivity contribution in [2.45, 2.75) is 5.75 Å². The zero-order valence-corrected chi connectivity index (χ0v) is 11.0. The van der Waals surface area contributed by atoms with Crippen LogP contribution in [0.5, 0.6) is 0 Å². The Hall–Kier alpha value is -1.26. The second-order valence-electron chi connectivity index (χ2n) is 4.77. The first-order valence-corrected chi connectivity index (χ1v) is 7.70. The molecule has 1 unspecified atom stereocenters. The first-order valence-electron chi connectivity index (χ1n) is 6.21. The number of fused-ring (bicyclic) bond motifs is 1. The lowest BCUT2D eigenvalue weighted by Gasteiger charge is -2.26. The Bertz CT molecular complexity index is 576. The fourth-order valence-corrected chi connectivity index (χ4v) is 3.70. The van der Waals surface area contributed by atoms with E-state index in [1.807, 2.05) is 30.3 Å². The molecule has 18 heavy (non-hydrogen) atoms. The number of nitrogens with zero attached hydrogens (tertiary/aromatic N) is 1. The molecule has 0 bridgehead atoms. The summed E-state index contributed by atoms with van der Waals surface area (Å²) in [6, 6.07) is 10.1. The van der Waals surface area contributed by atoms with E-state index in [2.05, 4.69) is 10.3 Å². The molecule has 3 rings (SSSR count). The summed E-state index contributed by atoms with van der Waals surface area (Å²) in [5.41, 5.74) is 2.08. The molecule has 94 valence electrons. The highest BCUT2D eigenvalue weighted by atomic mass is 32.2. The Morgan fingerprint density at radius 3 is 2.89 bits per heavy atom. The van der Waals surface area contributed by atoms with E-state index in [9.17, 15) is 4.21 Å². The predicted octanol–water partition coefficient (Wildman–Crippen LogP) is 1.70. The van der Waals surface area contributed by atoms with Gasteiger partial charge in [0.1, 0.15) is 0 Å². The number of rotatable bonds is 4. The normalized spacial score (nSPS) is 17.6. The van der Waals surface area contributed by atoms with E-state index >= 15 is 0 Å². The van der Waals surface area contributed by atoms with Crippen LogP contribution in [-0.4, -0.2) is 28.0 Å². The Labute approximate surface area is 109 Å². The Kier molecular flexibility index (Phi) is 3.39. The largest absolute Gasteiger partial charge is 0.316 e. The van der Waals surface area contributed by atoms with Crippen LogP contribution in [0.25, 0.3) is 10.9 Å². The van der Waals surface area contributed by atoms with Crippen molar-refractivity contribution in [1.29, 1.82) is 0 Å². The fourth-order valence-electron chi connectivity index (χ4n) is 2.25. The van der Waals surface area contributed by atoms with Gasteiger partial charge in [-0.1, -0.05) is 24.3 Å². The first-order chi connectivity index (χ1) is 8.83.